The summed E-state index contributed by atoms with van der Waals surface area (Å²) in [5, 5.41) is 2.87. The first-order chi connectivity index (χ1) is 4.85. The Kier molecular flexibility index (Phi) is 5.66. The molecule has 0 aromatic rings. The number of carbonyl (C=O) groups is 2. The summed E-state index contributed by atoms with van der Waals surface area (Å²) in [5.74, 6) is 0. The molecule has 0 saturated carbocycles. The highest BCUT2D eigenvalue weighted by Crippen LogP contribution is 1.76. The van der Waals surface area contributed by atoms with Crippen LogP contribution in [-0.2, 0) is 9.59 Å². The molecule has 10 heavy (non-hydrogen) atoms. The lowest BCUT2D eigenvalue weighted by molar-refractivity contribution is -0.121. The summed E-state index contributed by atoms with van der Waals surface area (Å²) in [6.07, 6.45) is 1.38. The van der Waals surface area contributed by atoms with Crippen LogP contribution in [0.25, 0.3) is 0 Å². The van der Waals surface area contributed by atoms with E-state index in [0.29, 0.717) is 25.8 Å². The molecule has 0 aromatic carbocycles. The maximum Gasteiger partial charge on any atom is 0.210 e. The number of hydrogen-bond donors (Lipinski definition) is 1. The minimum atomic E-state index is 0.186. The van der Waals surface area contributed by atoms with Gasteiger partial charge < -0.3 is 15.0 Å². The molecular formula is C6H12N2O2. The molecule has 0 fully saturated rings. The average molecular weight is 144 g/mol. The van der Waals surface area contributed by atoms with Crippen LogP contribution in [0.3, 0.4) is 0 Å². The normalized spacial score (nSPS) is 8.90. The smallest absolute Gasteiger partial charge is 0.210 e. The molecule has 58 valence electrons. The van der Waals surface area contributed by atoms with Gasteiger partial charge in [-0.05, 0) is 7.05 Å². The Labute approximate surface area is 60.2 Å². The van der Waals surface area contributed by atoms with Crippen molar-refractivity contribution in [3.8, 4) is 0 Å². The molecule has 0 saturated heterocycles. The Morgan fingerprint density at radius 3 is 2.60 bits per heavy atom. The highest BCUT2D eigenvalue weighted by molar-refractivity contribution is 5.59. The van der Waals surface area contributed by atoms with Crippen molar-refractivity contribution in [2.24, 2.45) is 0 Å². The van der Waals surface area contributed by atoms with E-state index >= 15 is 0 Å². The van der Waals surface area contributed by atoms with Crippen molar-refractivity contribution in [1.82, 2.24) is 10.2 Å². The van der Waals surface area contributed by atoms with Gasteiger partial charge in [-0.1, -0.05) is 0 Å². The topological polar surface area (TPSA) is 49.4 Å². The highest BCUT2D eigenvalue weighted by Gasteiger charge is 1.96. The number of likely N-dealkylation sites (N-methyl/N-ethyl adjacent to an activating group) is 1. The van der Waals surface area contributed by atoms with Gasteiger partial charge in [0.1, 0.15) is 6.29 Å². The van der Waals surface area contributed by atoms with Gasteiger partial charge >= 0.3 is 0 Å². The number of rotatable bonds is 6. The summed E-state index contributed by atoms with van der Waals surface area (Å²) in [6.45, 7) is 1.48. The second-order valence-corrected chi connectivity index (χ2v) is 1.87. The SMILES string of the molecule is CNCCN(C=O)CC=O. The molecule has 0 atom stereocenters. The molecular weight excluding hydrogens is 132 g/mol. The van der Waals surface area contributed by atoms with Crippen LogP contribution in [0.1, 0.15) is 0 Å². The van der Waals surface area contributed by atoms with E-state index in [1.165, 1.54) is 4.90 Å². The first kappa shape index (κ1) is 9.10. The van der Waals surface area contributed by atoms with Crippen molar-refractivity contribution in [3.63, 3.8) is 0 Å². The van der Waals surface area contributed by atoms with Crippen molar-refractivity contribution in [2.45, 2.75) is 0 Å². The van der Waals surface area contributed by atoms with Crippen LogP contribution in [0.5, 0.6) is 0 Å². The van der Waals surface area contributed by atoms with Crippen molar-refractivity contribution in [2.75, 3.05) is 26.7 Å². The minimum absolute atomic E-state index is 0.186. The molecule has 0 aliphatic rings. The molecule has 0 bridgehead atoms. The molecule has 0 aromatic heterocycles. The Balaban J connectivity index is 3.38. The Bertz CT molecular complexity index is 106. The summed E-state index contributed by atoms with van der Waals surface area (Å²) >= 11 is 0. The predicted molar refractivity (Wildman–Crippen MR) is 37.6 cm³/mol. The molecule has 0 spiro atoms. The molecule has 0 rings (SSSR count). The van der Waals surface area contributed by atoms with Gasteiger partial charge in [0, 0.05) is 13.1 Å². The number of carbonyl (C=O) groups excluding carboxylic acids is 2. The number of nitrogens with one attached hydrogen (secondary N) is 1. The lowest BCUT2D eigenvalue weighted by Crippen LogP contribution is -2.31. The monoisotopic (exact) mass is 144 g/mol. The third-order valence-electron chi connectivity index (χ3n) is 1.11. The number of amides is 1. The second-order valence-electron chi connectivity index (χ2n) is 1.87. The first-order valence-corrected chi connectivity index (χ1v) is 3.12. The van der Waals surface area contributed by atoms with E-state index < -0.39 is 0 Å². The molecule has 0 radical (unpaired) electrons. The first-order valence-electron chi connectivity index (χ1n) is 3.12. The number of nitrogens with zero attached hydrogens (tertiary/aromatic N) is 1. The lowest BCUT2D eigenvalue weighted by atomic mass is 10.5. The quantitative estimate of drug-likeness (QED) is 0.479. The largest absolute Gasteiger partial charge is 0.337 e. The van der Waals surface area contributed by atoms with E-state index in [9.17, 15) is 9.59 Å². The van der Waals surface area contributed by atoms with Crippen LogP contribution in [0, 0.1) is 0 Å². The zero-order chi connectivity index (χ0) is 7.82. The van der Waals surface area contributed by atoms with Crippen molar-refractivity contribution in [1.29, 1.82) is 0 Å². The molecule has 4 nitrogen and oxygen atoms in total. The molecule has 0 heterocycles. The minimum Gasteiger partial charge on any atom is -0.337 e. The Morgan fingerprint density at radius 2 is 2.20 bits per heavy atom. The standard InChI is InChI=1S/C6H12N2O2/c1-7-2-3-8(6-10)4-5-9/h5-7H,2-4H2,1H3. The van der Waals surface area contributed by atoms with Gasteiger partial charge in [0.05, 0.1) is 6.54 Å². The second kappa shape index (κ2) is 6.22. The number of hydrogen-bond acceptors (Lipinski definition) is 3. The van der Waals surface area contributed by atoms with E-state index in [2.05, 4.69) is 5.32 Å². The van der Waals surface area contributed by atoms with Crippen LogP contribution in [0.15, 0.2) is 0 Å². The van der Waals surface area contributed by atoms with Gasteiger partial charge in [0.2, 0.25) is 6.41 Å². The maximum atomic E-state index is 10.1. The summed E-state index contributed by atoms with van der Waals surface area (Å²) in [6, 6.07) is 0. The van der Waals surface area contributed by atoms with E-state index in [4.69, 9.17) is 0 Å². The molecule has 4 heteroatoms. The van der Waals surface area contributed by atoms with Crippen LogP contribution >= 0.6 is 0 Å². The van der Waals surface area contributed by atoms with E-state index in [1.54, 1.807) is 7.05 Å². The zero-order valence-corrected chi connectivity index (χ0v) is 6.04. The fraction of sp³-hybridized carbons (Fsp3) is 0.667. The van der Waals surface area contributed by atoms with Gasteiger partial charge in [0.15, 0.2) is 0 Å². The third kappa shape index (κ3) is 4.03. The average Bonchev–Trinajstić information content (AvgIpc) is 1.98. The van der Waals surface area contributed by atoms with Crippen LogP contribution in [-0.4, -0.2) is 44.3 Å². The van der Waals surface area contributed by atoms with Crippen LogP contribution < -0.4 is 5.32 Å². The fourth-order valence-corrected chi connectivity index (χ4v) is 0.538. The molecule has 0 aliphatic heterocycles. The summed E-state index contributed by atoms with van der Waals surface area (Å²) in [7, 11) is 1.80. The van der Waals surface area contributed by atoms with E-state index in [-0.39, 0.29) is 6.54 Å². The maximum absolute atomic E-state index is 10.1. The summed E-state index contributed by atoms with van der Waals surface area (Å²) in [4.78, 5) is 21.5. The van der Waals surface area contributed by atoms with Gasteiger partial charge in [-0.25, -0.2) is 0 Å². The van der Waals surface area contributed by atoms with Crippen LogP contribution in [0.2, 0.25) is 0 Å². The van der Waals surface area contributed by atoms with Gasteiger partial charge in [-0.2, -0.15) is 0 Å². The van der Waals surface area contributed by atoms with Crippen molar-refractivity contribution in [3.05, 3.63) is 0 Å². The lowest BCUT2D eigenvalue weighted by Gasteiger charge is -2.12. The fourth-order valence-electron chi connectivity index (χ4n) is 0.538. The Hall–Kier alpha value is -0.900. The summed E-state index contributed by atoms with van der Waals surface area (Å²) in [5.41, 5.74) is 0. The van der Waals surface area contributed by atoms with Crippen molar-refractivity contribution < 1.29 is 9.59 Å². The molecule has 0 aliphatic carbocycles. The molecule has 0 unspecified atom stereocenters. The summed E-state index contributed by atoms with van der Waals surface area (Å²) < 4.78 is 0. The van der Waals surface area contributed by atoms with Gasteiger partial charge in [0.25, 0.3) is 0 Å². The third-order valence-corrected chi connectivity index (χ3v) is 1.11. The molecule has 1 amide bonds. The van der Waals surface area contributed by atoms with Gasteiger partial charge in [-0.15, -0.1) is 0 Å². The Morgan fingerprint density at radius 1 is 1.50 bits per heavy atom. The van der Waals surface area contributed by atoms with Crippen LogP contribution in [0.4, 0.5) is 0 Å². The predicted octanol–water partition coefficient (Wildman–Crippen LogP) is -1.14. The zero-order valence-electron chi connectivity index (χ0n) is 6.04. The molecule has 1 N–H and O–H groups in total. The number of aldehydes is 1. The van der Waals surface area contributed by atoms with Crippen molar-refractivity contribution >= 4 is 12.7 Å². The van der Waals surface area contributed by atoms with E-state index in [1.807, 2.05) is 0 Å². The highest BCUT2D eigenvalue weighted by atomic mass is 16.1. The van der Waals surface area contributed by atoms with E-state index in [0.717, 1.165) is 0 Å². The van der Waals surface area contributed by atoms with Gasteiger partial charge in [-0.3, -0.25) is 4.79 Å².